The first-order valence-electron chi connectivity index (χ1n) is 9.37. The number of aliphatic imine (C=N–C) groups is 1. The summed E-state index contributed by atoms with van der Waals surface area (Å²) in [5.41, 5.74) is 1.23. The Morgan fingerprint density at radius 3 is 2.69 bits per heavy atom. The van der Waals surface area contributed by atoms with Crippen molar-refractivity contribution in [3.63, 3.8) is 0 Å². The Bertz CT molecular complexity index is 591. The average molecular weight is 474 g/mol. The van der Waals surface area contributed by atoms with Gasteiger partial charge in [-0.3, -0.25) is 9.89 Å². The summed E-state index contributed by atoms with van der Waals surface area (Å²) < 4.78 is 10.8. The molecule has 1 fully saturated rings. The first-order chi connectivity index (χ1) is 12.3. The summed E-state index contributed by atoms with van der Waals surface area (Å²) in [5.74, 6) is 2.55. The van der Waals surface area contributed by atoms with Crippen LogP contribution in [-0.4, -0.2) is 56.9 Å². The molecule has 7 heteroatoms. The van der Waals surface area contributed by atoms with E-state index in [0.29, 0.717) is 12.8 Å². The topological polar surface area (TPSA) is 58.1 Å². The Morgan fingerprint density at radius 2 is 1.96 bits per heavy atom. The van der Waals surface area contributed by atoms with E-state index in [1.807, 2.05) is 13.1 Å². The smallest absolute Gasteiger partial charge is 0.231 e. The fourth-order valence-corrected chi connectivity index (χ4v) is 3.50. The Morgan fingerprint density at radius 1 is 1.19 bits per heavy atom. The van der Waals surface area contributed by atoms with Crippen molar-refractivity contribution in [2.24, 2.45) is 4.99 Å². The predicted molar refractivity (Wildman–Crippen MR) is 116 cm³/mol. The van der Waals surface area contributed by atoms with Crippen LogP contribution in [0, 0.1) is 0 Å². The largest absolute Gasteiger partial charge is 0.454 e. The summed E-state index contributed by atoms with van der Waals surface area (Å²) in [6.45, 7) is 6.83. The van der Waals surface area contributed by atoms with Crippen molar-refractivity contribution in [3.05, 3.63) is 23.8 Å². The third-order valence-electron chi connectivity index (χ3n) is 5.00. The van der Waals surface area contributed by atoms with Crippen molar-refractivity contribution in [2.75, 3.05) is 40.0 Å². The van der Waals surface area contributed by atoms with Gasteiger partial charge in [-0.2, -0.15) is 0 Å². The number of guanidine groups is 1. The van der Waals surface area contributed by atoms with Crippen LogP contribution in [0.1, 0.15) is 31.7 Å². The van der Waals surface area contributed by atoms with Gasteiger partial charge in [0, 0.05) is 26.2 Å². The van der Waals surface area contributed by atoms with Gasteiger partial charge in [-0.1, -0.05) is 13.0 Å². The molecule has 1 unspecified atom stereocenters. The molecule has 1 aromatic carbocycles. The number of hydrogen-bond acceptors (Lipinski definition) is 4. The van der Waals surface area contributed by atoms with Gasteiger partial charge in [0.1, 0.15) is 0 Å². The van der Waals surface area contributed by atoms with Crippen molar-refractivity contribution < 1.29 is 9.47 Å². The molecule has 1 atom stereocenters. The normalized spacial score (nSPS) is 17.7. The summed E-state index contributed by atoms with van der Waals surface area (Å²) in [6.07, 6.45) is 4.75. The molecule has 2 heterocycles. The third kappa shape index (κ3) is 5.64. The van der Waals surface area contributed by atoms with Gasteiger partial charge in [-0.15, -0.1) is 24.0 Å². The molecule has 0 aliphatic carbocycles. The summed E-state index contributed by atoms with van der Waals surface area (Å²) >= 11 is 0. The first kappa shape index (κ1) is 21.1. The quantitative estimate of drug-likeness (QED) is 0.362. The molecule has 2 aliphatic rings. The molecule has 0 saturated carbocycles. The Kier molecular flexibility index (Phi) is 8.77. The van der Waals surface area contributed by atoms with Gasteiger partial charge in [0.25, 0.3) is 0 Å². The summed E-state index contributed by atoms with van der Waals surface area (Å²) in [4.78, 5) is 6.93. The molecule has 0 aromatic heterocycles. The zero-order chi connectivity index (χ0) is 17.5. The molecule has 6 nitrogen and oxygen atoms in total. The van der Waals surface area contributed by atoms with Crippen molar-refractivity contribution in [3.8, 4) is 11.5 Å². The fourth-order valence-electron chi connectivity index (χ4n) is 3.50. The molecular weight excluding hydrogens is 443 g/mol. The van der Waals surface area contributed by atoms with Crippen LogP contribution >= 0.6 is 24.0 Å². The number of fused-ring (bicyclic) bond motifs is 1. The van der Waals surface area contributed by atoms with E-state index in [9.17, 15) is 0 Å². The lowest BCUT2D eigenvalue weighted by molar-refractivity contribution is 0.174. The highest BCUT2D eigenvalue weighted by Crippen LogP contribution is 2.32. The van der Waals surface area contributed by atoms with Crippen LogP contribution in [0.4, 0.5) is 0 Å². The van der Waals surface area contributed by atoms with Crippen molar-refractivity contribution in [1.29, 1.82) is 0 Å². The van der Waals surface area contributed by atoms with Gasteiger partial charge < -0.3 is 20.1 Å². The van der Waals surface area contributed by atoms with Crippen LogP contribution < -0.4 is 20.1 Å². The van der Waals surface area contributed by atoms with Gasteiger partial charge >= 0.3 is 0 Å². The minimum atomic E-state index is 0. The standard InChI is InChI=1S/C19H30N4O2.HI/c1-3-16(23-10-4-5-11-23)13-22-19(20-2)21-9-8-15-6-7-17-18(12-15)25-14-24-17;/h6-7,12,16H,3-5,8-11,13-14H2,1-2H3,(H2,20,21,22);1H. The van der Waals surface area contributed by atoms with E-state index < -0.39 is 0 Å². The minimum Gasteiger partial charge on any atom is -0.454 e. The van der Waals surface area contributed by atoms with E-state index in [-0.39, 0.29) is 24.0 Å². The van der Waals surface area contributed by atoms with E-state index in [4.69, 9.17) is 9.47 Å². The van der Waals surface area contributed by atoms with Gasteiger partial charge in [-0.05, 0) is 56.5 Å². The molecule has 146 valence electrons. The van der Waals surface area contributed by atoms with Gasteiger partial charge in [0.05, 0.1) is 0 Å². The number of nitrogens with one attached hydrogen (secondary N) is 2. The number of nitrogens with zero attached hydrogens (tertiary/aromatic N) is 2. The number of likely N-dealkylation sites (tertiary alicyclic amines) is 1. The lowest BCUT2D eigenvalue weighted by atomic mass is 10.1. The van der Waals surface area contributed by atoms with E-state index in [0.717, 1.165) is 37.0 Å². The van der Waals surface area contributed by atoms with Gasteiger partial charge in [-0.25, -0.2) is 0 Å². The zero-order valence-corrected chi connectivity index (χ0v) is 18.1. The summed E-state index contributed by atoms with van der Waals surface area (Å²) in [7, 11) is 1.83. The Hall–Kier alpha value is -1.22. The molecule has 0 spiro atoms. The second-order valence-corrected chi connectivity index (χ2v) is 6.62. The van der Waals surface area contributed by atoms with E-state index in [2.05, 4.69) is 39.6 Å². The van der Waals surface area contributed by atoms with E-state index >= 15 is 0 Å². The van der Waals surface area contributed by atoms with Crippen LogP contribution in [0.5, 0.6) is 11.5 Å². The highest BCUT2D eigenvalue weighted by atomic mass is 127. The minimum absolute atomic E-state index is 0. The average Bonchev–Trinajstić information content (AvgIpc) is 3.32. The Labute approximate surface area is 173 Å². The number of benzene rings is 1. The zero-order valence-electron chi connectivity index (χ0n) is 15.8. The first-order valence-corrected chi connectivity index (χ1v) is 9.37. The lowest BCUT2D eigenvalue weighted by Crippen LogP contribution is -2.46. The second kappa shape index (κ2) is 10.8. The van der Waals surface area contributed by atoms with E-state index in [1.54, 1.807) is 0 Å². The number of ether oxygens (including phenoxy) is 2. The Balaban J connectivity index is 0.00000243. The van der Waals surface area contributed by atoms with Crippen molar-refractivity contribution in [1.82, 2.24) is 15.5 Å². The summed E-state index contributed by atoms with van der Waals surface area (Å²) in [6, 6.07) is 6.72. The highest BCUT2D eigenvalue weighted by molar-refractivity contribution is 14.0. The van der Waals surface area contributed by atoms with E-state index in [1.165, 1.54) is 37.9 Å². The number of hydrogen-bond donors (Lipinski definition) is 2. The molecule has 3 rings (SSSR count). The maximum atomic E-state index is 5.43. The lowest BCUT2D eigenvalue weighted by Gasteiger charge is -2.27. The number of halogens is 1. The fraction of sp³-hybridized carbons (Fsp3) is 0.632. The monoisotopic (exact) mass is 474 g/mol. The molecule has 26 heavy (non-hydrogen) atoms. The van der Waals surface area contributed by atoms with Crippen molar-refractivity contribution in [2.45, 2.75) is 38.6 Å². The summed E-state index contributed by atoms with van der Waals surface area (Å²) in [5, 5.41) is 6.88. The van der Waals surface area contributed by atoms with Crippen LogP contribution in [0.2, 0.25) is 0 Å². The maximum absolute atomic E-state index is 5.43. The molecule has 1 saturated heterocycles. The second-order valence-electron chi connectivity index (χ2n) is 6.62. The molecule has 2 aliphatic heterocycles. The molecule has 2 N–H and O–H groups in total. The van der Waals surface area contributed by atoms with Crippen molar-refractivity contribution >= 4 is 29.9 Å². The SMILES string of the molecule is CCC(CNC(=NC)NCCc1ccc2c(c1)OCO2)N1CCCC1.I. The molecule has 1 aromatic rings. The van der Waals surface area contributed by atoms with Crippen LogP contribution in [-0.2, 0) is 6.42 Å². The molecule has 0 bridgehead atoms. The predicted octanol–water partition coefficient (Wildman–Crippen LogP) is 2.62. The maximum Gasteiger partial charge on any atom is 0.231 e. The van der Waals surface area contributed by atoms with Crippen LogP contribution in [0.3, 0.4) is 0 Å². The van der Waals surface area contributed by atoms with Crippen LogP contribution in [0.15, 0.2) is 23.2 Å². The third-order valence-corrected chi connectivity index (χ3v) is 5.00. The molecule has 0 radical (unpaired) electrons. The molecule has 0 amide bonds. The van der Waals surface area contributed by atoms with Gasteiger partial charge in [0.15, 0.2) is 17.5 Å². The van der Waals surface area contributed by atoms with Gasteiger partial charge in [0.2, 0.25) is 6.79 Å². The number of rotatable bonds is 7. The van der Waals surface area contributed by atoms with Crippen LogP contribution in [0.25, 0.3) is 0 Å². The highest BCUT2D eigenvalue weighted by Gasteiger charge is 2.20. The molecular formula is C19H31IN4O2.